The Morgan fingerprint density at radius 2 is 1.96 bits per heavy atom. The van der Waals surface area contributed by atoms with Crippen LogP contribution in [0.25, 0.3) is 11.4 Å². The molecule has 0 aromatic heterocycles. The monoisotopic (exact) mass is 381 g/mol. The fraction of sp³-hybridized carbons (Fsp3) is 0.579. The van der Waals surface area contributed by atoms with Crippen LogP contribution in [0.1, 0.15) is 36.9 Å². The van der Waals surface area contributed by atoms with Crippen LogP contribution in [0.2, 0.25) is 0 Å². The molecule has 3 heterocycles. The molecule has 0 aromatic carbocycles. The Labute approximate surface area is 155 Å². The van der Waals surface area contributed by atoms with Gasteiger partial charge in [0.15, 0.2) is 0 Å². The first-order chi connectivity index (χ1) is 12.6. The third-order valence-electron chi connectivity index (χ3n) is 5.48. The summed E-state index contributed by atoms with van der Waals surface area (Å²) < 4.78 is 40.7. The van der Waals surface area contributed by atoms with Crippen molar-refractivity contribution in [2.75, 3.05) is 13.1 Å². The lowest BCUT2D eigenvalue weighted by Gasteiger charge is -2.39. The number of pyridine rings is 1. The molecule has 8 heteroatoms. The van der Waals surface area contributed by atoms with Gasteiger partial charge in [0.1, 0.15) is 11.5 Å². The fourth-order valence-corrected chi connectivity index (χ4v) is 3.82. The van der Waals surface area contributed by atoms with Crippen LogP contribution in [-0.2, 0) is 17.5 Å². The van der Waals surface area contributed by atoms with E-state index in [4.69, 9.17) is 0 Å². The smallest absolute Gasteiger partial charge is 0.388 e. The number of rotatable bonds is 3. The van der Waals surface area contributed by atoms with Gasteiger partial charge in [0.25, 0.3) is 0 Å². The number of aryl methyl sites for hydroxylation is 1. The van der Waals surface area contributed by atoms with Gasteiger partial charge < -0.3 is 14.6 Å². The zero-order chi connectivity index (χ0) is 19.4. The molecule has 0 spiro atoms. The number of piperidine rings is 1. The number of aliphatic hydroxyl groups is 1. The van der Waals surface area contributed by atoms with Gasteiger partial charge in [-0.3, -0.25) is 4.79 Å². The molecule has 27 heavy (non-hydrogen) atoms. The van der Waals surface area contributed by atoms with E-state index >= 15 is 0 Å². The van der Waals surface area contributed by atoms with Crippen molar-refractivity contribution in [2.24, 2.45) is 5.92 Å². The van der Waals surface area contributed by atoms with Crippen molar-refractivity contribution in [3.05, 3.63) is 29.6 Å². The van der Waals surface area contributed by atoms with Crippen molar-refractivity contribution >= 4 is 5.91 Å². The number of likely N-dealkylation sites (tertiary alicyclic amines) is 1. The molecule has 0 aromatic rings. The van der Waals surface area contributed by atoms with E-state index in [-0.39, 0.29) is 24.2 Å². The van der Waals surface area contributed by atoms with Gasteiger partial charge in [0.2, 0.25) is 5.91 Å². The van der Waals surface area contributed by atoms with Crippen molar-refractivity contribution in [2.45, 2.75) is 50.9 Å². The summed E-state index contributed by atoms with van der Waals surface area (Å²) in [7, 11) is 0. The number of amides is 1. The first-order valence-corrected chi connectivity index (χ1v) is 9.21. The lowest BCUT2D eigenvalue weighted by Crippen LogP contribution is -2.49. The Bertz CT molecular complexity index is 833. The molecule has 4 rings (SSSR count). The number of aromatic nitrogens is 2. The average molecular weight is 381 g/mol. The van der Waals surface area contributed by atoms with Crippen LogP contribution in [0.15, 0.2) is 18.3 Å². The van der Waals surface area contributed by atoms with E-state index in [0.29, 0.717) is 31.5 Å². The summed E-state index contributed by atoms with van der Waals surface area (Å²) in [5.74, 6) is 0.532. The van der Waals surface area contributed by atoms with Crippen LogP contribution in [0.5, 0.6) is 0 Å². The van der Waals surface area contributed by atoms with E-state index in [1.54, 1.807) is 28.7 Å². The summed E-state index contributed by atoms with van der Waals surface area (Å²) in [5.41, 5.74) is -0.780. The second-order valence-electron chi connectivity index (χ2n) is 7.89. The SMILES string of the molecule is Cc1cc2cc(C(F)(F)F)nc-2n(CC2(O)CCN(C(=O)C3CC3)CC2)c1. The number of carbonyl (C=O) groups is 1. The number of alkyl halides is 3. The molecule has 1 amide bonds. The quantitative estimate of drug-likeness (QED) is 0.889. The van der Waals surface area contributed by atoms with E-state index in [1.165, 1.54) is 0 Å². The first-order valence-electron chi connectivity index (χ1n) is 9.21. The summed E-state index contributed by atoms with van der Waals surface area (Å²) in [6.45, 7) is 2.91. The highest BCUT2D eigenvalue weighted by atomic mass is 19.4. The molecule has 1 saturated carbocycles. The molecule has 146 valence electrons. The molecular weight excluding hydrogens is 359 g/mol. The number of fused-ring (bicyclic) bond motifs is 1. The molecule has 0 unspecified atom stereocenters. The van der Waals surface area contributed by atoms with Gasteiger partial charge in [-0.05, 0) is 50.3 Å². The van der Waals surface area contributed by atoms with E-state index in [9.17, 15) is 23.1 Å². The zero-order valence-electron chi connectivity index (χ0n) is 15.1. The van der Waals surface area contributed by atoms with Crippen molar-refractivity contribution in [3.8, 4) is 11.4 Å². The van der Waals surface area contributed by atoms with Gasteiger partial charge in [-0.1, -0.05) is 0 Å². The van der Waals surface area contributed by atoms with Crippen molar-refractivity contribution < 1.29 is 23.1 Å². The molecule has 1 aliphatic carbocycles. The first kappa shape index (κ1) is 18.3. The molecular formula is C19H22F3N3O2. The lowest BCUT2D eigenvalue weighted by atomic mass is 9.90. The minimum Gasteiger partial charge on any atom is -0.388 e. The number of hydrogen-bond acceptors (Lipinski definition) is 3. The minimum atomic E-state index is -4.50. The van der Waals surface area contributed by atoms with Crippen molar-refractivity contribution in [1.29, 1.82) is 0 Å². The second-order valence-corrected chi connectivity index (χ2v) is 7.89. The summed E-state index contributed by atoms with van der Waals surface area (Å²) in [6.07, 6.45) is -0.0886. The van der Waals surface area contributed by atoms with Crippen LogP contribution in [0.3, 0.4) is 0 Å². The topological polar surface area (TPSA) is 58.4 Å². The maximum Gasteiger partial charge on any atom is 0.433 e. The normalized spacial score (nSPS) is 20.3. The number of halogens is 3. The van der Waals surface area contributed by atoms with Crippen molar-refractivity contribution in [1.82, 2.24) is 14.5 Å². The summed E-state index contributed by atoms with van der Waals surface area (Å²) in [6, 6.07) is 2.70. The summed E-state index contributed by atoms with van der Waals surface area (Å²) >= 11 is 0. The second kappa shape index (κ2) is 6.22. The number of nitrogens with zero attached hydrogens (tertiary/aromatic N) is 3. The minimum absolute atomic E-state index is 0.149. The average Bonchev–Trinajstić information content (AvgIpc) is 3.33. The van der Waals surface area contributed by atoms with Crippen LogP contribution in [-0.4, -0.2) is 44.2 Å². The molecule has 0 atom stereocenters. The largest absolute Gasteiger partial charge is 0.433 e. The van der Waals surface area contributed by atoms with Gasteiger partial charge in [-0.25, -0.2) is 4.98 Å². The molecule has 1 saturated heterocycles. The summed E-state index contributed by atoms with van der Waals surface area (Å²) in [5, 5.41) is 11.0. The van der Waals surface area contributed by atoms with Crippen LogP contribution in [0, 0.1) is 12.8 Å². The van der Waals surface area contributed by atoms with E-state index in [0.717, 1.165) is 24.5 Å². The third-order valence-corrected chi connectivity index (χ3v) is 5.48. The Balaban J connectivity index is 1.54. The van der Waals surface area contributed by atoms with Crippen LogP contribution >= 0.6 is 0 Å². The predicted molar refractivity (Wildman–Crippen MR) is 92.1 cm³/mol. The molecule has 0 radical (unpaired) electrons. The zero-order valence-corrected chi connectivity index (χ0v) is 15.1. The molecule has 5 nitrogen and oxygen atoms in total. The molecule has 1 N–H and O–H groups in total. The fourth-order valence-electron chi connectivity index (χ4n) is 3.82. The van der Waals surface area contributed by atoms with Gasteiger partial charge in [0.05, 0.1) is 12.1 Å². The van der Waals surface area contributed by atoms with E-state index < -0.39 is 17.5 Å². The highest BCUT2D eigenvalue weighted by Crippen LogP contribution is 2.36. The molecule has 0 bridgehead atoms. The maximum absolute atomic E-state index is 13.0. The Morgan fingerprint density at radius 3 is 2.56 bits per heavy atom. The standard InChI is InChI=1S/C19H22F3N3O2/c1-12-8-14-9-15(19(20,21)22)23-16(14)25(10-12)11-18(27)4-6-24(7-5-18)17(26)13-2-3-13/h8-10,13,27H,2-7,11H2,1H3. The highest BCUT2D eigenvalue weighted by molar-refractivity contribution is 5.81. The van der Waals surface area contributed by atoms with Gasteiger partial charge >= 0.3 is 6.18 Å². The van der Waals surface area contributed by atoms with E-state index in [2.05, 4.69) is 4.98 Å². The van der Waals surface area contributed by atoms with Crippen LogP contribution in [0.4, 0.5) is 13.2 Å². The predicted octanol–water partition coefficient (Wildman–Crippen LogP) is 3.08. The van der Waals surface area contributed by atoms with Crippen LogP contribution < -0.4 is 0 Å². The number of carbonyl (C=O) groups excluding carboxylic acids is 1. The maximum atomic E-state index is 13.0. The Hall–Kier alpha value is -2.09. The lowest BCUT2D eigenvalue weighted by molar-refractivity contribution is -0.140. The molecule has 3 aliphatic heterocycles. The van der Waals surface area contributed by atoms with Gasteiger partial charge in [0, 0.05) is 30.8 Å². The highest BCUT2D eigenvalue weighted by Gasteiger charge is 2.40. The Morgan fingerprint density at radius 1 is 1.30 bits per heavy atom. The Kier molecular flexibility index (Phi) is 4.21. The molecule has 2 fully saturated rings. The van der Waals surface area contributed by atoms with Gasteiger partial charge in [-0.15, -0.1) is 0 Å². The van der Waals surface area contributed by atoms with E-state index in [1.807, 2.05) is 0 Å². The molecule has 4 aliphatic rings. The van der Waals surface area contributed by atoms with Crippen molar-refractivity contribution in [3.63, 3.8) is 0 Å². The third kappa shape index (κ3) is 3.67. The number of hydrogen-bond donors (Lipinski definition) is 1. The van der Waals surface area contributed by atoms with Gasteiger partial charge in [-0.2, -0.15) is 13.2 Å². The summed E-state index contributed by atoms with van der Waals surface area (Å²) in [4.78, 5) is 17.7.